The first-order valence-electron chi connectivity index (χ1n) is 6.60. The molecule has 1 aromatic heterocycles. The second-order valence-corrected chi connectivity index (χ2v) is 6.07. The largest absolute Gasteiger partial charge is 0.454 e. The first kappa shape index (κ1) is 12.6. The predicted octanol–water partition coefficient (Wildman–Crippen LogP) is 1.97. The van der Waals surface area contributed by atoms with E-state index in [1.165, 1.54) is 11.3 Å². The van der Waals surface area contributed by atoms with Crippen LogP contribution in [0, 0.1) is 0 Å². The number of nitrogens with one attached hydrogen (secondary N) is 1. The summed E-state index contributed by atoms with van der Waals surface area (Å²) in [6.45, 7) is 0.246. The number of carbonyl (C=O) groups excluding carboxylic acids is 1. The summed E-state index contributed by atoms with van der Waals surface area (Å²) >= 11 is 1.38. The monoisotopic (exact) mass is 303 g/mol. The van der Waals surface area contributed by atoms with Crippen molar-refractivity contribution >= 4 is 22.4 Å². The van der Waals surface area contributed by atoms with E-state index in [9.17, 15) is 4.79 Å². The average Bonchev–Trinajstić information content (AvgIpc) is 2.93. The lowest BCUT2D eigenvalue weighted by Gasteiger charge is -2.06. The molecule has 4 rings (SSSR count). The van der Waals surface area contributed by atoms with E-state index in [1.54, 1.807) is 0 Å². The molecule has 0 radical (unpaired) electrons. The first-order chi connectivity index (χ1) is 10.1. The smallest absolute Gasteiger partial charge is 0.246 e. The molecule has 0 atom stereocenters. The van der Waals surface area contributed by atoms with Gasteiger partial charge in [-0.05, 0) is 31.0 Å². The summed E-state index contributed by atoms with van der Waals surface area (Å²) < 4.78 is 10.6. The van der Waals surface area contributed by atoms with Gasteiger partial charge in [0.15, 0.2) is 16.6 Å². The van der Waals surface area contributed by atoms with Crippen LogP contribution >= 0.6 is 11.3 Å². The summed E-state index contributed by atoms with van der Waals surface area (Å²) in [5.41, 5.74) is 6.87. The number of hydrogen-bond donors (Lipinski definition) is 2. The van der Waals surface area contributed by atoms with E-state index in [4.69, 9.17) is 15.2 Å². The highest BCUT2D eigenvalue weighted by molar-refractivity contribution is 7.14. The van der Waals surface area contributed by atoms with Gasteiger partial charge in [-0.3, -0.25) is 4.79 Å². The molecule has 0 unspecified atom stereocenters. The quantitative estimate of drug-likeness (QED) is 0.905. The van der Waals surface area contributed by atoms with Crippen molar-refractivity contribution in [2.24, 2.45) is 5.73 Å². The molecule has 7 heteroatoms. The Morgan fingerprint density at radius 1 is 1.33 bits per heavy atom. The number of carbonyl (C=O) groups is 1. The van der Waals surface area contributed by atoms with Crippen molar-refractivity contribution in [2.75, 3.05) is 12.1 Å². The van der Waals surface area contributed by atoms with E-state index in [0.29, 0.717) is 10.9 Å². The number of rotatable bonds is 3. The molecule has 0 saturated heterocycles. The minimum atomic E-state index is -0.690. The summed E-state index contributed by atoms with van der Waals surface area (Å²) in [6.07, 6.45) is 1.47. The van der Waals surface area contributed by atoms with E-state index in [0.717, 1.165) is 29.8 Å². The van der Waals surface area contributed by atoms with Crippen molar-refractivity contribution < 1.29 is 14.3 Å². The van der Waals surface area contributed by atoms with Gasteiger partial charge in [-0.1, -0.05) is 0 Å². The molecule has 1 amide bonds. The number of nitrogens with two attached hydrogens (primary N) is 1. The van der Waals surface area contributed by atoms with Crippen LogP contribution in [0.2, 0.25) is 0 Å². The number of benzene rings is 1. The molecule has 0 bridgehead atoms. The maximum absolute atomic E-state index is 11.9. The number of aromatic nitrogens is 1. The SMILES string of the molecule is NC1(C(=O)Nc2nc(-c3ccc4c(c3)OCO4)cs2)CC1. The third-order valence-electron chi connectivity index (χ3n) is 3.63. The van der Waals surface area contributed by atoms with E-state index in [-0.39, 0.29) is 12.7 Å². The second kappa shape index (κ2) is 4.44. The van der Waals surface area contributed by atoms with Gasteiger partial charge in [-0.25, -0.2) is 4.98 Å². The molecular weight excluding hydrogens is 290 g/mol. The molecule has 2 aliphatic rings. The highest BCUT2D eigenvalue weighted by atomic mass is 32.1. The van der Waals surface area contributed by atoms with Crippen molar-refractivity contribution in [3.8, 4) is 22.8 Å². The number of ether oxygens (including phenoxy) is 2. The average molecular weight is 303 g/mol. The maximum Gasteiger partial charge on any atom is 0.246 e. The Bertz CT molecular complexity index is 724. The minimum absolute atomic E-state index is 0.158. The fraction of sp³-hybridized carbons (Fsp3) is 0.286. The second-order valence-electron chi connectivity index (χ2n) is 5.22. The Labute approximate surface area is 124 Å². The van der Waals surface area contributed by atoms with E-state index in [1.807, 2.05) is 23.6 Å². The van der Waals surface area contributed by atoms with Crippen molar-refractivity contribution in [2.45, 2.75) is 18.4 Å². The van der Waals surface area contributed by atoms with Crippen LogP contribution in [-0.2, 0) is 4.79 Å². The Morgan fingerprint density at radius 2 is 2.14 bits per heavy atom. The molecule has 3 N–H and O–H groups in total. The summed E-state index contributed by atoms with van der Waals surface area (Å²) in [5.74, 6) is 1.29. The third-order valence-corrected chi connectivity index (χ3v) is 4.39. The maximum atomic E-state index is 11.9. The molecule has 6 nitrogen and oxygen atoms in total. The van der Waals surface area contributed by atoms with Gasteiger partial charge in [0.1, 0.15) is 0 Å². The lowest BCUT2D eigenvalue weighted by Crippen LogP contribution is -2.37. The van der Waals surface area contributed by atoms with Crippen molar-refractivity contribution in [1.29, 1.82) is 0 Å². The Kier molecular flexibility index (Phi) is 2.66. The van der Waals surface area contributed by atoms with E-state index >= 15 is 0 Å². The van der Waals surface area contributed by atoms with Crippen LogP contribution in [-0.4, -0.2) is 23.2 Å². The number of anilines is 1. The predicted molar refractivity (Wildman–Crippen MR) is 78.5 cm³/mol. The summed E-state index contributed by atoms with van der Waals surface area (Å²) in [4.78, 5) is 16.3. The third kappa shape index (κ3) is 2.24. The number of thiazole rings is 1. The molecule has 108 valence electrons. The molecule has 21 heavy (non-hydrogen) atoms. The fourth-order valence-electron chi connectivity index (χ4n) is 2.10. The Balaban J connectivity index is 1.55. The van der Waals surface area contributed by atoms with Gasteiger partial charge < -0.3 is 20.5 Å². The van der Waals surface area contributed by atoms with Gasteiger partial charge in [0.2, 0.25) is 12.7 Å². The van der Waals surface area contributed by atoms with Crippen LogP contribution in [0.3, 0.4) is 0 Å². The molecular formula is C14H13N3O3S. The van der Waals surface area contributed by atoms with Crippen LogP contribution in [0.5, 0.6) is 11.5 Å². The van der Waals surface area contributed by atoms with Crippen LogP contribution in [0.15, 0.2) is 23.6 Å². The minimum Gasteiger partial charge on any atom is -0.454 e. The van der Waals surface area contributed by atoms with E-state index < -0.39 is 5.54 Å². The van der Waals surface area contributed by atoms with Crippen molar-refractivity contribution in [3.05, 3.63) is 23.6 Å². The Hall–Kier alpha value is -2.12. The topological polar surface area (TPSA) is 86.5 Å². The van der Waals surface area contributed by atoms with Crippen molar-refractivity contribution in [1.82, 2.24) is 4.98 Å². The molecule has 0 spiro atoms. The zero-order valence-electron chi connectivity index (χ0n) is 11.1. The summed E-state index contributed by atoms with van der Waals surface area (Å²) in [5, 5.41) is 5.23. The van der Waals surface area contributed by atoms with Crippen molar-refractivity contribution in [3.63, 3.8) is 0 Å². The highest BCUT2D eigenvalue weighted by Crippen LogP contribution is 2.37. The zero-order chi connectivity index (χ0) is 14.4. The number of nitrogens with zero attached hydrogens (tertiary/aromatic N) is 1. The van der Waals surface area contributed by atoms with Crippen LogP contribution in [0.25, 0.3) is 11.3 Å². The summed E-state index contributed by atoms with van der Waals surface area (Å²) in [7, 11) is 0. The molecule has 1 aromatic carbocycles. The number of fused-ring (bicyclic) bond motifs is 1. The number of amides is 1. The molecule has 2 heterocycles. The van der Waals surface area contributed by atoms with Gasteiger partial charge in [-0.15, -0.1) is 11.3 Å². The molecule has 1 aliphatic carbocycles. The van der Waals surface area contributed by atoms with E-state index in [2.05, 4.69) is 10.3 Å². The standard InChI is InChI=1S/C14H13N3O3S/c15-14(3-4-14)12(18)17-13-16-9(6-21-13)8-1-2-10-11(5-8)20-7-19-10/h1-2,5-6H,3-4,7,15H2,(H,16,17,18). The van der Waals surface area contributed by atoms with Crippen LogP contribution in [0.4, 0.5) is 5.13 Å². The van der Waals surface area contributed by atoms with Crippen LogP contribution < -0.4 is 20.5 Å². The number of hydrogen-bond acceptors (Lipinski definition) is 6. The van der Waals surface area contributed by atoms with Gasteiger partial charge >= 0.3 is 0 Å². The van der Waals surface area contributed by atoms with Gasteiger partial charge in [0, 0.05) is 10.9 Å². The molecule has 1 fully saturated rings. The normalized spacial score (nSPS) is 17.6. The fourth-order valence-corrected chi connectivity index (χ4v) is 2.82. The Morgan fingerprint density at radius 3 is 2.95 bits per heavy atom. The highest BCUT2D eigenvalue weighted by Gasteiger charge is 2.46. The van der Waals surface area contributed by atoms with Gasteiger partial charge in [0.25, 0.3) is 0 Å². The molecule has 1 saturated carbocycles. The van der Waals surface area contributed by atoms with Crippen LogP contribution in [0.1, 0.15) is 12.8 Å². The molecule has 2 aromatic rings. The summed E-state index contributed by atoms with van der Waals surface area (Å²) in [6, 6.07) is 5.65. The zero-order valence-corrected chi connectivity index (χ0v) is 11.9. The lowest BCUT2D eigenvalue weighted by molar-refractivity contribution is -0.118. The molecule has 1 aliphatic heterocycles. The lowest BCUT2D eigenvalue weighted by atomic mass is 10.1. The van der Waals surface area contributed by atoms with Gasteiger partial charge in [0.05, 0.1) is 11.2 Å². The van der Waals surface area contributed by atoms with Gasteiger partial charge in [-0.2, -0.15) is 0 Å². The first-order valence-corrected chi connectivity index (χ1v) is 7.48.